The van der Waals surface area contributed by atoms with Crippen molar-refractivity contribution in [2.45, 2.75) is 19.4 Å². The summed E-state index contributed by atoms with van der Waals surface area (Å²) in [6.45, 7) is 5.30. The highest BCUT2D eigenvalue weighted by Gasteiger charge is 2.29. The van der Waals surface area contributed by atoms with Gasteiger partial charge in [0, 0.05) is 22.4 Å². The number of likely N-dealkylation sites (tertiary alicyclic amines) is 1. The highest BCUT2D eigenvalue weighted by atomic mass is 79.9. The van der Waals surface area contributed by atoms with Crippen LogP contribution >= 0.6 is 31.9 Å². The second kappa shape index (κ2) is 6.92. The zero-order valence-corrected chi connectivity index (χ0v) is 13.8. The van der Waals surface area contributed by atoms with Crippen molar-refractivity contribution in [1.29, 1.82) is 0 Å². The molecule has 2 rings (SSSR count). The van der Waals surface area contributed by atoms with Crippen molar-refractivity contribution >= 4 is 31.9 Å². The molecule has 2 nitrogen and oxygen atoms in total. The van der Waals surface area contributed by atoms with E-state index < -0.39 is 0 Å². The van der Waals surface area contributed by atoms with Gasteiger partial charge in [-0.05, 0) is 43.1 Å². The van der Waals surface area contributed by atoms with Gasteiger partial charge in [-0.2, -0.15) is 0 Å². The molecule has 1 aromatic rings. The van der Waals surface area contributed by atoms with Gasteiger partial charge in [-0.15, -0.1) is 0 Å². The van der Waals surface area contributed by atoms with E-state index in [-0.39, 0.29) is 0 Å². The molecule has 1 aliphatic rings. The van der Waals surface area contributed by atoms with Crippen LogP contribution in [-0.2, 0) is 0 Å². The van der Waals surface area contributed by atoms with Crippen LogP contribution in [0.3, 0.4) is 0 Å². The van der Waals surface area contributed by atoms with Crippen molar-refractivity contribution in [1.82, 2.24) is 4.90 Å². The average Bonchev–Trinajstić information content (AvgIpc) is 2.72. The molecule has 2 atom stereocenters. The predicted octanol–water partition coefficient (Wildman–Crippen LogP) is 3.93. The lowest BCUT2D eigenvalue weighted by molar-refractivity contribution is 0.196. The van der Waals surface area contributed by atoms with Gasteiger partial charge in [-0.25, -0.2) is 0 Å². The fourth-order valence-corrected chi connectivity index (χ4v) is 3.74. The summed E-state index contributed by atoms with van der Waals surface area (Å²) in [7, 11) is 0. The summed E-state index contributed by atoms with van der Waals surface area (Å²) >= 11 is 7.04. The Kier molecular flexibility index (Phi) is 5.52. The number of hydrogen-bond donors (Lipinski definition) is 0. The molecule has 0 aromatic heterocycles. The second-order valence-electron chi connectivity index (χ2n) is 4.83. The number of halogens is 2. The van der Waals surface area contributed by atoms with E-state index in [1.54, 1.807) is 0 Å². The van der Waals surface area contributed by atoms with Gasteiger partial charge in [-0.3, -0.25) is 4.90 Å². The van der Waals surface area contributed by atoms with E-state index in [9.17, 15) is 0 Å². The van der Waals surface area contributed by atoms with Crippen LogP contribution in [0.15, 0.2) is 28.7 Å². The maximum atomic E-state index is 5.77. The molecule has 0 N–H and O–H groups in total. The SMILES string of the molecule is CC1CCN(CCOc2ccc(Br)cc2)C1CBr. The van der Waals surface area contributed by atoms with E-state index in [0.717, 1.165) is 34.6 Å². The lowest BCUT2D eigenvalue weighted by Gasteiger charge is -2.24. The average molecular weight is 377 g/mol. The van der Waals surface area contributed by atoms with Crippen LogP contribution in [0.5, 0.6) is 5.75 Å². The molecule has 1 aliphatic heterocycles. The summed E-state index contributed by atoms with van der Waals surface area (Å²) in [5.41, 5.74) is 0. The molecule has 0 saturated carbocycles. The Hall–Kier alpha value is -0.0600. The zero-order chi connectivity index (χ0) is 13.0. The van der Waals surface area contributed by atoms with Crippen molar-refractivity contribution in [3.63, 3.8) is 0 Å². The Balaban J connectivity index is 1.77. The molecule has 1 saturated heterocycles. The molecular formula is C14H19Br2NO. The van der Waals surface area contributed by atoms with Crippen molar-refractivity contribution < 1.29 is 4.74 Å². The van der Waals surface area contributed by atoms with Crippen molar-refractivity contribution in [3.8, 4) is 5.75 Å². The molecular weight excluding hydrogens is 358 g/mol. The zero-order valence-electron chi connectivity index (χ0n) is 10.6. The van der Waals surface area contributed by atoms with Gasteiger partial charge in [0.05, 0.1) is 0 Å². The van der Waals surface area contributed by atoms with E-state index in [1.165, 1.54) is 13.0 Å². The summed E-state index contributed by atoms with van der Waals surface area (Å²) in [6.07, 6.45) is 1.30. The monoisotopic (exact) mass is 375 g/mol. The van der Waals surface area contributed by atoms with E-state index in [1.807, 2.05) is 24.3 Å². The van der Waals surface area contributed by atoms with Crippen molar-refractivity contribution in [2.24, 2.45) is 5.92 Å². The van der Waals surface area contributed by atoms with Gasteiger partial charge in [-0.1, -0.05) is 38.8 Å². The lowest BCUT2D eigenvalue weighted by atomic mass is 10.1. The van der Waals surface area contributed by atoms with E-state index in [2.05, 4.69) is 43.7 Å². The van der Waals surface area contributed by atoms with Gasteiger partial charge in [0.2, 0.25) is 0 Å². The van der Waals surface area contributed by atoms with Crippen LogP contribution in [0.1, 0.15) is 13.3 Å². The minimum absolute atomic E-state index is 0.665. The first-order valence-electron chi connectivity index (χ1n) is 6.39. The topological polar surface area (TPSA) is 12.5 Å². The van der Waals surface area contributed by atoms with Gasteiger partial charge in [0.1, 0.15) is 12.4 Å². The fourth-order valence-electron chi connectivity index (χ4n) is 2.43. The van der Waals surface area contributed by atoms with Gasteiger partial charge in [0.15, 0.2) is 0 Å². The third-order valence-electron chi connectivity index (χ3n) is 3.62. The summed E-state index contributed by atoms with van der Waals surface area (Å²) in [5.74, 6) is 1.73. The molecule has 4 heteroatoms. The molecule has 1 aromatic carbocycles. The summed E-state index contributed by atoms with van der Waals surface area (Å²) < 4.78 is 6.86. The molecule has 2 unspecified atom stereocenters. The second-order valence-corrected chi connectivity index (χ2v) is 6.39. The van der Waals surface area contributed by atoms with Crippen LogP contribution < -0.4 is 4.74 Å². The van der Waals surface area contributed by atoms with Gasteiger partial charge in [0.25, 0.3) is 0 Å². The molecule has 0 radical (unpaired) electrons. The third-order valence-corrected chi connectivity index (χ3v) is 4.81. The number of rotatable bonds is 5. The number of alkyl halides is 1. The fraction of sp³-hybridized carbons (Fsp3) is 0.571. The summed E-state index contributed by atoms with van der Waals surface area (Å²) in [5, 5.41) is 1.06. The standard InChI is InChI=1S/C14H19Br2NO/c1-11-6-7-17(14(11)10-15)8-9-18-13-4-2-12(16)3-5-13/h2-5,11,14H,6-10H2,1H3. The molecule has 0 bridgehead atoms. The van der Waals surface area contributed by atoms with Crippen LogP contribution in [0.25, 0.3) is 0 Å². The minimum atomic E-state index is 0.665. The molecule has 0 aliphatic carbocycles. The molecule has 100 valence electrons. The van der Waals surface area contributed by atoms with Gasteiger partial charge < -0.3 is 4.74 Å². The first-order valence-corrected chi connectivity index (χ1v) is 8.30. The third kappa shape index (κ3) is 3.72. The number of hydrogen-bond acceptors (Lipinski definition) is 2. The Morgan fingerprint density at radius 3 is 2.72 bits per heavy atom. The summed E-state index contributed by atoms with van der Waals surface area (Å²) in [4.78, 5) is 2.53. The first kappa shape index (κ1) is 14.4. The summed E-state index contributed by atoms with van der Waals surface area (Å²) in [6, 6.07) is 8.68. The van der Waals surface area contributed by atoms with E-state index in [0.29, 0.717) is 6.04 Å². The minimum Gasteiger partial charge on any atom is -0.492 e. The Morgan fingerprint density at radius 2 is 2.06 bits per heavy atom. The van der Waals surface area contributed by atoms with Crippen LogP contribution in [0.2, 0.25) is 0 Å². The Labute approximate surface area is 126 Å². The van der Waals surface area contributed by atoms with Crippen molar-refractivity contribution in [3.05, 3.63) is 28.7 Å². The molecule has 0 amide bonds. The van der Waals surface area contributed by atoms with Crippen LogP contribution in [0, 0.1) is 5.92 Å². The van der Waals surface area contributed by atoms with Crippen LogP contribution in [0.4, 0.5) is 0 Å². The van der Waals surface area contributed by atoms with E-state index >= 15 is 0 Å². The highest BCUT2D eigenvalue weighted by Crippen LogP contribution is 2.25. The molecule has 0 spiro atoms. The predicted molar refractivity (Wildman–Crippen MR) is 82.6 cm³/mol. The van der Waals surface area contributed by atoms with Crippen molar-refractivity contribution in [2.75, 3.05) is 25.0 Å². The maximum Gasteiger partial charge on any atom is 0.119 e. The number of nitrogens with zero attached hydrogens (tertiary/aromatic N) is 1. The quantitative estimate of drug-likeness (QED) is 0.722. The van der Waals surface area contributed by atoms with Crippen LogP contribution in [-0.4, -0.2) is 36.0 Å². The highest BCUT2D eigenvalue weighted by molar-refractivity contribution is 9.10. The van der Waals surface area contributed by atoms with Gasteiger partial charge >= 0.3 is 0 Å². The molecule has 18 heavy (non-hydrogen) atoms. The number of ether oxygens (including phenoxy) is 1. The smallest absolute Gasteiger partial charge is 0.119 e. The van der Waals surface area contributed by atoms with E-state index in [4.69, 9.17) is 4.74 Å². The molecule has 1 heterocycles. The normalized spacial score (nSPS) is 24.4. The lowest BCUT2D eigenvalue weighted by Crippen LogP contribution is -2.36. The largest absolute Gasteiger partial charge is 0.492 e. The molecule has 1 fully saturated rings. The Bertz CT molecular complexity index is 369. The maximum absolute atomic E-state index is 5.77. The first-order chi connectivity index (χ1) is 8.70. The number of benzene rings is 1. The Morgan fingerprint density at radius 1 is 1.33 bits per heavy atom.